The molecule has 0 amide bonds. The van der Waals surface area contributed by atoms with Crippen molar-refractivity contribution < 1.29 is 13.2 Å². The third-order valence-corrected chi connectivity index (χ3v) is 6.48. The van der Waals surface area contributed by atoms with Crippen LogP contribution < -0.4 is 10.6 Å². The van der Waals surface area contributed by atoms with Gasteiger partial charge in [-0.05, 0) is 86.7 Å². The van der Waals surface area contributed by atoms with Crippen molar-refractivity contribution in [2.75, 3.05) is 18.4 Å². The Bertz CT molecular complexity index is 1350. The Hall–Kier alpha value is -3.46. The predicted octanol–water partition coefficient (Wildman–Crippen LogP) is 5.14. The van der Waals surface area contributed by atoms with E-state index in [0.29, 0.717) is 35.1 Å². The second kappa shape index (κ2) is 9.65. The van der Waals surface area contributed by atoms with E-state index in [-0.39, 0.29) is 12.4 Å². The van der Waals surface area contributed by atoms with Crippen molar-refractivity contribution in [1.29, 1.82) is 0 Å². The number of rotatable bonds is 6. The molecule has 1 aliphatic rings. The minimum absolute atomic E-state index is 0.242. The van der Waals surface area contributed by atoms with Gasteiger partial charge in [0.15, 0.2) is 17.3 Å². The molecule has 0 spiro atoms. The minimum atomic E-state index is -0.894. The van der Waals surface area contributed by atoms with E-state index in [9.17, 15) is 13.2 Å². The summed E-state index contributed by atoms with van der Waals surface area (Å²) in [5.74, 6) is -0.529. The van der Waals surface area contributed by atoms with Gasteiger partial charge in [-0.1, -0.05) is 6.07 Å². The number of nitrogens with zero attached hydrogens (tertiary/aromatic N) is 4. The molecule has 0 unspecified atom stereocenters. The highest BCUT2D eigenvalue weighted by Crippen LogP contribution is 2.31. The molecule has 5 rings (SSSR count). The van der Waals surface area contributed by atoms with Gasteiger partial charge in [0, 0.05) is 18.7 Å². The van der Waals surface area contributed by atoms with E-state index >= 15 is 0 Å². The Morgan fingerprint density at radius 3 is 2.57 bits per heavy atom. The predicted molar refractivity (Wildman–Crippen MR) is 129 cm³/mol. The number of halogens is 3. The lowest BCUT2D eigenvalue weighted by Crippen LogP contribution is -2.32. The summed E-state index contributed by atoms with van der Waals surface area (Å²) < 4.78 is 42.9. The van der Waals surface area contributed by atoms with Crippen LogP contribution in [0.25, 0.3) is 22.6 Å². The van der Waals surface area contributed by atoms with Crippen LogP contribution >= 0.6 is 0 Å². The number of piperidine rings is 1. The van der Waals surface area contributed by atoms with Gasteiger partial charge in [0.05, 0.1) is 6.20 Å². The molecular formula is C26H27F3N6. The fourth-order valence-corrected chi connectivity index (χ4v) is 4.80. The summed E-state index contributed by atoms with van der Waals surface area (Å²) in [4.78, 5) is 14.0. The van der Waals surface area contributed by atoms with Crippen molar-refractivity contribution in [3.63, 3.8) is 0 Å². The van der Waals surface area contributed by atoms with Crippen molar-refractivity contribution in [3.8, 4) is 11.4 Å². The zero-order valence-corrected chi connectivity index (χ0v) is 19.7. The molecule has 35 heavy (non-hydrogen) atoms. The quantitative estimate of drug-likeness (QED) is 0.400. The first-order valence-corrected chi connectivity index (χ1v) is 11.8. The monoisotopic (exact) mass is 480 g/mol. The van der Waals surface area contributed by atoms with Crippen LogP contribution in [0, 0.1) is 37.2 Å². The third kappa shape index (κ3) is 4.86. The molecule has 2 aromatic carbocycles. The van der Waals surface area contributed by atoms with Gasteiger partial charge in [-0.15, -0.1) is 0 Å². The number of aryl methyl sites for hydroxylation is 2. The number of aromatic nitrogens is 4. The number of hydrogen-bond acceptors (Lipinski definition) is 5. The summed E-state index contributed by atoms with van der Waals surface area (Å²) >= 11 is 0. The highest BCUT2D eigenvalue weighted by molar-refractivity contribution is 5.79. The molecule has 3 heterocycles. The Labute approximate surface area is 201 Å². The maximum atomic E-state index is 14.0. The lowest BCUT2D eigenvalue weighted by atomic mass is 9.98. The third-order valence-electron chi connectivity index (χ3n) is 6.48. The van der Waals surface area contributed by atoms with Crippen LogP contribution in [0.2, 0.25) is 0 Å². The van der Waals surface area contributed by atoms with E-state index in [1.807, 2.05) is 13.8 Å². The summed E-state index contributed by atoms with van der Waals surface area (Å²) in [5.41, 5.74) is 4.41. The number of anilines is 1. The summed E-state index contributed by atoms with van der Waals surface area (Å²) in [7, 11) is 0. The van der Waals surface area contributed by atoms with Crippen LogP contribution in [0.4, 0.5) is 19.1 Å². The molecule has 0 radical (unpaired) electrons. The minimum Gasteiger partial charge on any atom is -0.350 e. The lowest BCUT2D eigenvalue weighted by molar-refractivity contribution is 0.341. The van der Waals surface area contributed by atoms with Crippen LogP contribution in [0.1, 0.15) is 29.5 Å². The molecule has 0 saturated carbocycles. The number of imidazole rings is 1. The molecule has 1 atom stereocenters. The van der Waals surface area contributed by atoms with Crippen molar-refractivity contribution in [2.24, 2.45) is 5.92 Å². The fraction of sp³-hybridized carbons (Fsp3) is 0.346. The first-order chi connectivity index (χ1) is 16.9. The van der Waals surface area contributed by atoms with Crippen LogP contribution in [-0.2, 0) is 13.1 Å². The largest absolute Gasteiger partial charge is 0.350 e. The van der Waals surface area contributed by atoms with Crippen LogP contribution in [0.5, 0.6) is 0 Å². The van der Waals surface area contributed by atoms with Crippen molar-refractivity contribution in [1.82, 2.24) is 24.8 Å². The van der Waals surface area contributed by atoms with Gasteiger partial charge in [0.2, 0.25) is 5.95 Å². The molecule has 2 N–H and O–H groups in total. The Balaban J connectivity index is 1.54. The van der Waals surface area contributed by atoms with Gasteiger partial charge in [-0.2, -0.15) is 4.98 Å². The molecule has 0 bridgehead atoms. The summed E-state index contributed by atoms with van der Waals surface area (Å²) in [5, 5.41) is 6.55. The second-order valence-electron chi connectivity index (χ2n) is 9.18. The van der Waals surface area contributed by atoms with E-state index in [2.05, 4.69) is 20.2 Å². The normalized spacial score (nSPS) is 16.1. The first-order valence-electron chi connectivity index (χ1n) is 11.8. The number of hydrogen-bond donors (Lipinski definition) is 2. The first kappa shape index (κ1) is 23.3. The van der Waals surface area contributed by atoms with E-state index in [4.69, 9.17) is 9.97 Å². The molecule has 1 fully saturated rings. The van der Waals surface area contributed by atoms with Crippen LogP contribution in [0.3, 0.4) is 0 Å². The number of benzene rings is 2. The molecule has 182 valence electrons. The SMILES string of the molecule is Cc1cc(F)cc(C)c1-c1nc2cnc(NCc3ccc(F)c(F)c3)nc2n1C[C@@H]1CCCNC1. The molecular weight excluding hydrogens is 453 g/mol. The Morgan fingerprint density at radius 1 is 1.06 bits per heavy atom. The van der Waals surface area contributed by atoms with Crippen LogP contribution in [0.15, 0.2) is 36.5 Å². The highest BCUT2D eigenvalue weighted by Gasteiger charge is 2.22. The Morgan fingerprint density at radius 2 is 1.86 bits per heavy atom. The van der Waals surface area contributed by atoms with Gasteiger partial charge in [-0.3, -0.25) is 0 Å². The second-order valence-corrected chi connectivity index (χ2v) is 9.18. The van der Waals surface area contributed by atoms with Crippen molar-refractivity contribution in [3.05, 3.63) is 70.7 Å². The fourth-order valence-electron chi connectivity index (χ4n) is 4.80. The molecule has 9 heteroatoms. The van der Waals surface area contributed by atoms with Gasteiger partial charge in [0.1, 0.15) is 17.2 Å². The summed E-state index contributed by atoms with van der Waals surface area (Å²) in [6, 6.07) is 6.81. The molecule has 1 aliphatic heterocycles. The average Bonchev–Trinajstić information content (AvgIpc) is 3.17. The Kier molecular flexibility index (Phi) is 6.42. The molecule has 2 aromatic heterocycles. The zero-order chi connectivity index (χ0) is 24.5. The smallest absolute Gasteiger partial charge is 0.225 e. The maximum Gasteiger partial charge on any atom is 0.225 e. The molecule has 0 aliphatic carbocycles. The standard InChI is InChI=1S/C26H27F3N6/c1-15-8-19(27)9-16(2)23(15)25-33-22-13-32-26(31-12-17-5-6-20(28)21(29)10-17)34-24(22)35(25)14-18-4-3-7-30-11-18/h5-6,8-10,13,18,30H,3-4,7,11-12,14H2,1-2H3,(H,31,32,34)/t18-/m1/s1. The van der Waals surface area contributed by atoms with Gasteiger partial charge >= 0.3 is 0 Å². The van der Waals surface area contributed by atoms with E-state index in [1.54, 1.807) is 6.20 Å². The highest BCUT2D eigenvalue weighted by atomic mass is 19.2. The van der Waals surface area contributed by atoms with Crippen molar-refractivity contribution in [2.45, 2.75) is 39.8 Å². The topological polar surface area (TPSA) is 67.7 Å². The zero-order valence-electron chi connectivity index (χ0n) is 19.7. The molecule has 1 saturated heterocycles. The summed E-state index contributed by atoms with van der Waals surface area (Å²) in [6.07, 6.45) is 3.86. The van der Waals surface area contributed by atoms with Gasteiger partial charge in [-0.25, -0.2) is 23.1 Å². The lowest BCUT2D eigenvalue weighted by Gasteiger charge is -2.24. The van der Waals surface area contributed by atoms with Crippen LogP contribution in [-0.4, -0.2) is 32.6 Å². The number of fused-ring (bicyclic) bond motifs is 1. The van der Waals surface area contributed by atoms with E-state index in [1.165, 1.54) is 18.2 Å². The molecule has 4 aromatic rings. The van der Waals surface area contributed by atoms with E-state index < -0.39 is 11.6 Å². The van der Waals surface area contributed by atoms with Gasteiger partial charge < -0.3 is 15.2 Å². The van der Waals surface area contributed by atoms with E-state index in [0.717, 1.165) is 60.6 Å². The summed E-state index contributed by atoms with van der Waals surface area (Å²) in [6.45, 7) is 6.66. The van der Waals surface area contributed by atoms with Gasteiger partial charge in [0.25, 0.3) is 0 Å². The maximum absolute atomic E-state index is 14.0. The van der Waals surface area contributed by atoms with Crippen molar-refractivity contribution >= 4 is 17.1 Å². The number of nitrogens with one attached hydrogen (secondary N) is 2. The average molecular weight is 481 g/mol. The molecule has 6 nitrogen and oxygen atoms in total.